The number of rotatable bonds is 4. The van der Waals surface area contributed by atoms with Crippen molar-refractivity contribution < 1.29 is 18.3 Å². The fourth-order valence-corrected chi connectivity index (χ4v) is 1.78. The summed E-state index contributed by atoms with van der Waals surface area (Å²) < 4.78 is 37.7. The molecule has 108 valence electrons. The summed E-state index contributed by atoms with van der Waals surface area (Å²) in [6.07, 6.45) is 0. The first kappa shape index (κ1) is 14.6. The Bertz CT molecular complexity index is 712. The largest absolute Gasteiger partial charge is 0.497 e. The minimum absolute atomic E-state index is 0.0880. The lowest BCUT2D eigenvalue weighted by molar-refractivity contribution is 0.395. The van der Waals surface area contributed by atoms with E-state index in [1.807, 2.05) is 0 Å². The Morgan fingerprint density at radius 1 is 1.00 bits per heavy atom. The SMILES string of the molecule is COc1ccc(Nc2ccc(C#N)c(F)c2F)c(OC)c1. The van der Waals surface area contributed by atoms with Crippen LogP contribution in [0.1, 0.15) is 5.56 Å². The zero-order valence-corrected chi connectivity index (χ0v) is 11.4. The molecule has 1 N–H and O–H groups in total. The van der Waals surface area contributed by atoms with Gasteiger partial charge in [-0.15, -0.1) is 0 Å². The van der Waals surface area contributed by atoms with Gasteiger partial charge in [0.2, 0.25) is 0 Å². The van der Waals surface area contributed by atoms with Gasteiger partial charge in [0.1, 0.15) is 17.6 Å². The molecule has 0 aromatic heterocycles. The lowest BCUT2D eigenvalue weighted by Gasteiger charge is -2.13. The molecule has 0 radical (unpaired) electrons. The van der Waals surface area contributed by atoms with E-state index in [1.54, 1.807) is 24.3 Å². The van der Waals surface area contributed by atoms with Gasteiger partial charge in [0.25, 0.3) is 0 Å². The number of hydrogen-bond acceptors (Lipinski definition) is 4. The molecule has 2 aromatic carbocycles. The van der Waals surface area contributed by atoms with Crippen molar-refractivity contribution in [2.45, 2.75) is 0 Å². The highest BCUT2D eigenvalue weighted by Gasteiger charge is 2.14. The second kappa shape index (κ2) is 6.09. The lowest BCUT2D eigenvalue weighted by Crippen LogP contribution is -2.00. The predicted molar refractivity (Wildman–Crippen MR) is 73.9 cm³/mol. The van der Waals surface area contributed by atoms with Crippen LogP contribution in [0.15, 0.2) is 30.3 Å². The fraction of sp³-hybridized carbons (Fsp3) is 0.133. The van der Waals surface area contributed by atoms with Gasteiger partial charge in [-0.2, -0.15) is 5.26 Å². The van der Waals surface area contributed by atoms with E-state index in [0.29, 0.717) is 17.2 Å². The molecule has 0 spiro atoms. The van der Waals surface area contributed by atoms with Crippen molar-refractivity contribution in [3.8, 4) is 17.6 Å². The summed E-state index contributed by atoms with van der Waals surface area (Å²) in [5, 5.41) is 11.4. The van der Waals surface area contributed by atoms with Gasteiger partial charge in [-0.25, -0.2) is 8.78 Å². The first-order chi connectivity index (χ1) is 10.1. The minimum Gasteiger partial charge on any atom is -0.497 e. The number of nitrogens with zero attached hydrogens (tertiary/aromatic N) is 1. The lowest BCUT2D eigenvalue weighted by atomic mass is 10.2. The van der Waals surface area contributed by atoms with Gasteiger partial charge >= 0.3 is 0 Å². The summed E-state index contributed by atoms with van der Waals surface area (Å²) in [5.74, 6) is -1.32. The van der Waals surface area contributed by atoms with Crippen LogP contribution in [0.25, 0.3) is 0 Å². The predicted octanol–water partition coefficient (Wildman–Crippen LogP) is 3.60. The van der Waals surface area contributed by atoms with Crippen molar-refractivity contribution in [3.63, 3.8) is 0 Å². The Balaban J connectivity index is 2.39. The molecule has 0 unspecified atom stereocenters. The second-order valence-corrected chi connectivity index (χ2v) is 4.09. The highest BCUT2D eigenvalue weighted by atomic mass is 19.2. The molecule has 0 amide bonds. The molecule has 2 rings (SSSR count). The van der Waals surface area contributed by atoms with Gasteiger partial charge in [0.05, 0.1) is 31.2 Å². The summed E-state index contributed by atoms with van der Waals surface area (Å²) >= 11 is 0. The number of nitriles is 1. The van der Waals surface area contributed by atoms with Crippen LogP contribution in [0.2, 0.25) is 0 Å². The summed E-state index contributed by atoms with van der Waals surface area (Å²) in [5.41, 5.74) is 0.0102. The maximum Gasteiger partial charge on any atom is 0.183 e. The average molecular weight is 290 g/mol. The number of methoxy groups -OCH3 is 2. The highest BCUT2D eigenvalue weighted by molar-refractivity contribution is 5.68. The third-order valence-electron chi connectivity index (χ3n) is 2.88. The van der Waals surface area contributed by atoms with E-state index in [2.05, 4.69) is 5.32 Å². The maximum absolute atomic E-state index is 13.9. The van der Waals surface area contributed by atoms with Crippen molar-refractivity contribution in [1.29, 1.82) is 5.26 Å². The maximum atomic E-state index is 13.9. The molecule has 0 aliphatic carbocycles. The Hall–Kier alpha value is -2.81. The van der Waals surface area contributed by atoms with E-state index in [-0.39, 0.29) is 11.3 Å². The van der Waals surface area contributed by atoms with Gasteiger partial charge < -0.3 is 14.8 Å². The molecule has 6 heteroatoms. The molecule has 0 atom stereocenters. The molecule has 4 nitrogen and oxygen atoms in total. The third-order valence-corrected chi connectivity index (χ3v) is 2.88. The van der Waals surface area contributed by atoms with Crippen molar-refractivity contribution in [2.24, 2.45) is 0 Å². The Kier molecular flexibility index (Phi) is 4.24. The summed E-state index contributed by atoms with van der Waals surface area (Å²) in [6.45, 7) is 0. The van der Waals surface area contributed by atoms with Crippen LogP contribution >= 0.6 is 0 Å². The molecule has 0 fully saturated rings. The topological polar surface area (TPSA) is 54.3 Å². The molecule has 2 aromatic rings. The quantitative estimate of drug-likeness (QED) is 0.934. The van der Waals surface area contributed by atoms with Crippen molar-refractivity contribution in [1.82, 2.24) is 0 Å². The zero-order chi connectivity index (χ0) is 15.4. The molecule has 0 heterocycles. The smallest absolute Gasteiger partial charge is 0.183 e. The number of nitrogens with one attached hydrogen (secondary N) is 1. The van der Waals surface area contributed by atoms with Crippen LogP contribution in [-0.4, -0.2) is 14.2 Å². The van der Waals surface area contributed by atoms with Crippen molar-refractivity contribution in [3.05, 3.63) is 47.5 Å². The van der Waals surface area contributed by atoms with E-state index in [1.165, 1.54) is 26.4 Å². The monoisotopic (exact) mass is 290 g/mol. The van der Waals surface area contributed by atoms with Crippen LogP contribution in [0.5, 0.6) is 11.5 Å². The van der Waals surface area contributed by atoms with Crippen LogP contribution in [0.4, 0.5) is 20.2 Å². The van der Waals surface area contributed by atoms with E-state index >= 15 is 0 Å². The van der Waals surface area contributed by atoms with Crippen LogP contribution in [-0.2, 0) is 0 Å². The van der Waals surface area contributed by atoms with E-state index in [9.17, 15) is 8.78 Å². The van der Waals surface area contributed by atoms with E-state index in [0.717, 1.165) is 0 Å². The average Bonchev–Trinajstić information content (AvgIpc) is 2.52. The molecule has 21 heavy (non-hydrogen) atoms. The standard InChI is InChI=1S/C15H12F2N2O2/c1-20-10-4-6-11(13(7-10)21-2)19-12-5-3-9(8-18)14(16)15(12)17/h3-7,19H,1-2H3. The van der Waals surface area contributed by atoms with Crippen molar-refractivity contribution in [2.75, 3.05) is 19.5 Å². The second-order valence-electron chi connectivity index (χ2n) is 4.09. The number of hydrogen-bond donors (Lipinski definition) is 1. The van der Waals surface area contributed by atoms with Crippen LogP contribution < -0.4 is 14.8 Å². The Morgan fingerprint density at radius 2 is 1.71 bits per heavy atom. The van der Waals surface area contributed by atoms with Gasteiger partial charge in [-0.1, -0.05) is 0 Å². The molecule has 0 saturated heterocycles. The molecule has 0 saturated carbocycles. The molecule has 0 aliphatic rings. The van der Waals surface area contributed by atoms with Crippen LogP contribution in [0.3, 0.4) is 0 Å². The highest BCUT2D eigenvalue weighted by Crippen LogP contribution is 2.32. The zero-order valence-electron chi connectivity index (χ0n) is 11.4. The minimum atomic E-state index is -1.19. The number of ether oxygens (including phenoxy) is 2. The normalized spacial score (nSPS) is 9.86. The third kappa shape index (κ3) is 2.87. The fourth-order valence-electron chi connectivity index (χ4n) is 1.78. The van der Waals surface area contributed by atoms with Gasteiger partial charge in [0.15, 0.2) is 11.6 Å². The van der Waals surface area contributed by atoms with Crippen molar-refractivity contribution >= 4 is 11.4 Å². The van der Waals surface area contributed by atoms with Gasteiger partial charge in [0, 0.05) is 6.07 Å². The van der Waals surface area contributed by atoms with Gasteiger partial charge in [-0.3, -0.25) is 0 Å². The Labute approximate surface area is 120 Å². The molecular weight excluding hydrogens is 278 g/mol. The summed E-state index contributed by atoms with van der Waals surface area (Å²) in [7, 11) is 2.97. The molecule has 0 bridgehead atoms. The van der Waals surface area contributed by atoms with E-state index in [4.69, 9.17) is 14.7 Å². The molecular formula is C15H12F2N2O2. The summed E-state index contributed by atoms with van der Waals surface area (Å²) in [6, 6.07) is 8.96. The number of anilines is 2. The number of halogens is 2. The number of benzene rings is 2. The first-order valence-corrected chi connectivity index (χ1v) is 5.98. The van der Waals surface area contributed by atoms with Gasteiger partial charge in [-0.05, 0) is 24.3 Å². The molecule has 0 aliphatic heterocycles. The summed E-state index contributed by atoms with van der Waals surface area (Å²) in [4.78, 5) is 0. The first-order valence-electron chi connectivity index (χ1n) is 5.98. The van der Waals surface area contributed by atoms with Crippen LogP contribution in [0, 0.1) is 23.0 Å². The Morgan fingerprint density at radius 3 is 2.33 bits per heavy atom. The van der Waals surface area contributed by atoms with E-state index < -0.39 is 11.6 Å².